The third kappa shape index (κ3) is 5.18. The zero-order chi connectivity index (χ0) is 12.7. The Balaban J connectivity index is 2.49. The van der Waals surface area contributed by atoms with Crippen LogP contribution in [0.3, 0.4) is 0 Å². The smallest absolute Gasteiger partial charge is 0.337 e. The molecule has 0 aliphatic carbocycles. The Bertz CT molecular complexity index is 471. The minimum atomic E-state index is -1.00. The lowest BCUT2D eigenvalue weighted by Gasteiger charge is -1.93. The van der Waals surface area contributed by atoms with Gasteiger partial charge in [0.25, 0.3) is 0 Å². The van der Waals surface area contributed by atoms with Gasteiger partial charge in [0, 0.05) is 25.3 Å². The van der Waals surface area contributed by atoms with Gasteiger partial charge in [0.15, 0.2) is 5.12 Å². The van der Waals surface area contributed by atoms with Crippen LogP contribution in [0.5, 0.6) is 0 Å². The molecule has 88 valence electrons. The van der Waals surface area contributed by atoms with E-state index in [0.29, 0.717) is 17.9 Å². The van der Waals surface area contributed by atoms with Crippen molar-refractivity contribution in [3.8, 4) is 11.8 Å². The Kier molecular flexibility index (Phi) is 5.24. The normalized spacial score (nSPS) is 9.24. The molecular weight excluding hydrogens is 238 g/mol. The first kappa shape index (κ1) is 13.3. The number of thioether (sulfide) groups is 1. The van der Waals surface area contributed by atoms with Gasteiger partial charge in [0.1, 0.15) is 5.69 Å². The summed E-state index contributed by atoms with van der Waals surface area (Å²) >= 11 is 1.23. The van der Waals surface area contributed by atoms with Crippen molar-refractivity contribution in [1.82, 2.24) is 4.98 Å². The second-order valence-corrected chi connectivity index (χ2v) is 4.40. The molecule has 0 saturated heterocycles. The highest BCUT2D eigenvalue weighted by molar-refractivity contribution is 8.13. The maximum absolute atomic E-state index is 10.6. The number of carboxylic acid groups (broad SMARTS) is 1. The Hall–Kier alpha value is -1.80. The molecule has 4 nitrogen and oxygen atoms in total. The Morgan fingerprint density at radius 3 is 2.76 bits per heavy atom. The second kappa shape index (κ2) is 6.71. The fourth-order valence-corrected chi connectivity index (χ4v) is 1.48. The maximum atomic E-state index is 10.6. The number of hydrogen-bond acceptors (Lipinski definition) is 4. The molecule has 1 aromatic heterocycles. The van der Waals surface area contributed by atoms with Crippen molar-refractivity contribution >= 4 is 22.8 Å². The van der Waals surface area contributed by atoms with Gasteiger partial charge in [0.05, 0.1) is 5.56 Å². The molecule has 1 heterocycles. The zero-order valence-electron chi connectivity index (χ0n) is 9.27. The van der Waals surface area contributed by atoms with Crippen LogP contribution in [0.25, 0.3) is 0 Å². The molecule has 0 fully saturated rings. The molecule has 0 spiro atoms. The molecule has 0 amide bonds. The van der Waals surface area contributed by atoms with E-state index in [1.165, 1.54) is 30.9 Å². The van der Waals surface area contributed by atoms with Crippen LogP contribution in [0, 0.1) is 11.8 Å². The van der Waals surface area contributed by atoms with Crippen LogP contribution >= 0.6 is 11.8 Å². The van der Waals surface area contributed by atoms with Crippen molar-refractivity contribution in [1.29, 1.82) is 0 Å². The first-order valence-electron chi connectivity index (χ1n) is 4.91. The summed E-state index contributed by atoms with van der Waals surface area (Å²) in [6, 6.07) is 3.03. The van der Waals surface area contributed by atoms with Crippen LogP contribution in [-0.2, 0) is 4.79 Å². The van der Waals surface area contributed by atoms with Crippen molar-refractivity contribution in [2.75, 3.05) is 5.75 Å². The van der Waals surface area contributed by atoms with Crippen LogP contribution in [0.15, 0.2) is 18.3 Å². The van der Waals surface area contributed by atoms with Gasteiger partial charge < -0.3 is 5.11 Å². The highest BCUT2D eigenvalue weighted by Gasteiger charge is 2.01. The van der Waals surface area contributed by atoms with Crippen molar-refractivity contribution in [2.45, 2.75) is 13.3 Å². The molecule has 5 heteroatoms. The summed E-state index contributed by atoms with van der Waals surface area (Å²) in [5, 5.41) is 8.74. The van der Waals surface area contributed by atoms with Crippen LogP contribution in [0.4, 0.5) is 0 Å². The van der Waals surface area contributed by atoms with E-state index < -0.39 is 5.97 Å². The number of aromatic carboxylic acids is 1. The van der Waals surface area contributed by atoms with Crippen LogP contribution < -0.4 is 0 Å². The summed E-state index contributed by atoms with van der Waals surface area (Å²) in [5.41, 5.74) is 0.672. The number of hydrogen-bond donors (Lipinski definition) is 1. The summed E-state index contributed by atoms with van der Waals surface area (Å²) in [4.78, 5) is 25.1. The third-order valence-electron chi connectivity index (χ3n) is 1.76. The number of carbonyl (C=O) groups is 2. The van der Waals surface area contributed by atoms with Gasteiger partial charge in [-0.25, -0.2) is 9.78 Å². The summed E-state index contributed by atoms with van der Waals surface area (Å²) in [6.07, 6.45) is 1.88. The summed E-state index contributed by atoms with van der Waals surface area (Å²) in [5.74, 6) is 5.34. The fraction of sp³-hybridized carbons (Fsp3) is 0.250. The van der Waals surface area contributed by atoms with Gasteiger partial charge >= 0.3 is 5.97 Å². The number of pyridine rings is 1. The lowest BCUT2D eigenvalue weighted by Crippen LogP contribution is -1.97. The summed E-state index contributed by atoms with van der Waals surface area (Å²) < 4.78 is 0. The predicted octanol–water partition coefficient (Wildman–Crippen LogP) is 1.80. The van der Waals surface area contributed by atoms with Gasteiger partial charge in [-0.2, -0.15) is 0 Å². The van der Waals surface area contributed by atoms with E-state index >= 15 is 0 Å². The van der Waals surface area contributed by atoms with Crippen molar-refractivity contribution in [3.63, 3.8) is 0 Å². The molecule has 0 unspecified atom stereocenters. The fourth-order valence-electron chi connectivity index (χ4n) is 0.993. The molecule has 0 bridgehead atoms. The predicted molar refractivity (Wildman–Crippen MR) is 65.8 cm³/mol. The van der Waals surface area contributed by atoms with Gasteiger partial charge in [0.2, 0.25) is 0 Å². The number of rotatable bonds is 3. The molecular formula is C12H11NO3S. The van der Waals surface area contributed by atoms with Gasteiger partial charge in [-0.1, -0.05) is 17.7 Å². The third-order valence-corrected chi connectivity index (χ3v) is 2.57. The molecule has 1 aromatic rings. The molecule has 1 rings (SSSR count). The number of carboxylic acids is 1. The van der Waals surface area contributed by atoms with Crippen molar-refractivity contribution < 1.29 is 14.7 Å². The zero-order valence-corrected chi connectivity index (χ0v) is 10.1. The number of carbonyl (C=O) groups excluding carboxylic acids is 1. The van der Waals surface area contributed by atoms with Crippen LogP contribution in [0.2, 0.25) is 0 Å². The lowest BCUT2D eigenvalue weighted by molar-refractivity contribution is -0.109. The quantitative estimate of drug-likeness (QED) is 0.653. The summed E-state index contributed by atoms with van der Waals surface area (Å²) in [6.45, 7) is 1.52. The summed E-state index contributed by atoms with van der Waals surface area (Å²) in [7, 11) is 0. The molecule has 17 heavy (non-hydrogen) atoms. The minimum Gasteiger partial charge on any atom is -0.478 e. The lowest BCUT2D eigenvalue weighted by atomic mass is 10.2. The molecule has 0 aromatic carbocycles. The number of nitrogens with zero attached hydrogens (tertiary/aromatic N) is 1. The Morgan fingerprint density at radius 1 is 1.47 bits per heavy atom. The van der Waals surface area contributed by atoms with Crippen LogP contribution in [0.1, 0.15) is 29.4 Å². The first-order valence-corrected chi connectivity index (χ1v) is 5.89. The van der Waals surface area contributed by atoms with Crippen molar-refractivity contribution in [3.05, 3.63) is 29.6 Å². The molecule has 0 aliphatic heterocycles. The van der Waals surface area contributed by atoms with E-state index in [9.17, 15) is 9.59 Å². The van der Waals surface area contributed by atoms with Gasteiger partial charge in [-0.05, 0) is 18.1 Å². The Morgan fingerprint density at radius 2 is 2.24 bits per heavy atom. The van der Waals surface area contributed by atoms with Gasteiger partial charge in [-0.3, -0.25) is 4.79 Å². The van der Waals surface area contributed by atoms with E-state index in [-0.39, 0.29) is 10.7 Å². The van der Waals surface area contributed by atoms with E-state index in [4.69, 9.17) is 5.11 Å². The average Bonchev–Trinajstić information content (AvgIpc) is 2.29. The second-order valence-electron chi connectivity index (χ2n) is 3.13. The van der Waals surface area contributed by atoms with E-state index in [2.05, 4.69) is 16.8 Å². The van der Waals surface area contributed by atoms with Gasteiger partial charge in [-0.15, -0.1) is 0 Å². The highest BCUT2D eigenvalue weighted by atomic mass is 32.2. The first-order chi connectivity index (χ1) is 8.09. The maximum Gasteiger partial charge on any atom is 0.337 e. The van der Waals surface area contributed by atoms with E-state index in [0.717, 1.165) is 0 Å². The largest absolute Gasteiger partial charge is 0.478 e. The minimum absolute atomic E-state index is 0.0794. The molecule has 0 atom stereocenters. The highest BCUT2D eigenvalue weighted by Crippen LogP contribution is 2.02. The molecule has 0 radical (unpaired) electrons. The van der Waals surface area contributed by atoms with E-state index in [1.807, 2.05) is 0 Å². The van der Waals surface area contributed by atoms with Crippen molar-refractivity contribution in [2.24, 2.45) is 0 Å². The molecule has 0 saturated carbocycles. The topological polar surface area (TPSA) is 67.3 Å². The average molecular weight is 249 g/mol. The molecule has 1 N–H and O–H groups in total. The molecule has 0 aliphatic rings. The SMILES string of the molecule is CC(=O)SCCC#Cc1ccc(C(=O)O)cn1. The standard InChI is InChI=1S/C12H11NO3S/c1-9(14)17-7-3-2-4-11-6-5-10(8-13-11)12(15)16/h5-6,8H,3,7H2,1H3,(H,15,16). The Labute approximate surface area is 103 Å². The number of aromatic nitrogens is 1. The monoisotopic (exact) mass is 249 g/mol. The van der Waals surface area contributed by atoms with Crippen LogP contribution in [-0.4, -0.2) is 26.9 Å². The van der Waals surface area contributed by atoms with E-state index in [1.54, 1.807) is 6.07 Å².